The minimum absolute atomic E-state index is 0.0777. The van der Waals surface area contributed by atoms with Crippen molar-refractivity contribution in [2.45, 2.75) is 32.4 Å². The highest BCUT2D eigenvalue weighted by atomic mass is 19.3. The number of ether oxygens (including phenoxy) is 1. The molecular weight excluding hydrogens is 302 g/mol. The van der Waals surface area contributed by atoms with Crippen molar-refractivity contribution < 1.29 is 18.3 Å². The van der Waals surface area contributed by atoms with Gasteiger partial charge in [0.15, 0.2) is 0 Å². The lowest BCUT2D eigenvalue weighted by Crippen LogP contribution is -2.26. The molecule has 1 amide bonds. The number of aryl methyl sites for hydroxylation is 1. The van der Waals surface area contributed by atoms with Gasteiger partial charge in [-0.25, -0.2) is 0 Å². The molecule has 0 saturated heterocycles. The summed E-state index contributed by atoms with van der Waals surface area (Å²) in [4.78, 5) is 16.0. The first kappa shape index (κ1) is 16.9. The van der Waals surface area contributed by atoms with E-state index >= 15 is 0 Å². The second-order valence-electron chi connectivity index (χ2n) is 5.10. The third-order valence-corrected chi connectivity index (χ3v) is 3.32. The van der Waals surface area contributed by atoms with Crippen molar-refractivity contribution >= 4 is 5.91 Å². The molecule has 6 heteroatoms. The number of halogens is 2. The van der Waals surface area contributed by atoms with Crippen molar-refractivity contribution in [1.29, 1.82) is 0 Å². The van der Waals surface area contributed by atoms with Crippen LogP contribution < -0.4 is 10.1 Å². The van der Waals surface area contributed by atoms with Gasteiger partial charge in [-0.2, -0.15) is 8.78 Å². The normalized spacial score (nSPS) is 12.0. The molecule has 4 nitrogen and oxygen atoms in total. The summed E-state index contributed by atoms with van der Waals surface area (Å²) in [7, 11) is 0. The molecule has 0 saturated carbocycles. The highest BCUT2D eigenvalue weighted by Gasteiger charge is 2.12. The van der Waals surface area contributed by atoms with Gasteiger partial charge in [-0.15, -0.1) is 0 Å². The van der Waals surface area contributed by atoms with Crippen LogP contribution in [0.15, 0.2) is 48.8 Å². The second-order valence-corrected chi connectivity index (χ2v) is 5.10. The topological polar surface area (TPSA) is 51.2 Å². The highest BCUT2D eigenvalue weighted by Crippen LogP contribution is 2.20. The number of nitrogens with one attached hydrogen (secondary N) is 1. The van der Waals surface area contributed by atoms with Crippen LogP contribution in [0.5, 0.6) is 5.75 Å². The first-order valence-electron chi connectivity index (χ1n) is 7.27. The number of carbonyl (C=O) groups is 1. The van der Waals surface area contributed by atoms with Crippen LogP contribution in [0.4, 0.5) is 8.78 Å². The van der Waals surface area contributed by atoms with E-state index in [-0.39, 0.29) is 17.7 Å². The van der Waals surface area contributed by atoms with Gasteiger partial charge in [-0.05, 0) is 42.7 Å². The van der Waals surface area contributed by atoms with E-state index in [9.17, 15) is 13.6 Å². The number of carbonyl (C=O) groups excluding carboxylic acids is 1. The van der Waals surface area contributed by atoms with Crippen molar-refractivity contribution in [3.63, 3.8) is 0 Å². The lowest BCUT2D eigenvalue weighted by Gasteiger charge is -2.15. The van der Waals surface area contributed by atoms with Gasteiger partial charge in [-0.3, -0.25) is 9.78 Å². The zero-order chi connectivity index (χ0) is 16.7. The van der Waals surface area contributed by atoms with Crippen molar-refractivity contribution in [2.75, 3.05) is 0 Å². The van der Waals surface area contributed by atoms with Gasteiger partial charge in [0.25, 0.3) is 0 Å². The molecule has 1 atom stereocenters. The predicted octanol–water partition coefficient (Wildman–Crippen LogP) is 3.49. The fraction of sp³-hybridized carbons (Fsp3) is 0.294. The number of amides is 1. The highest BCUT2D eigenvalue weighted by molar-refractivity contribution is 5.76. The average Bonchev–Trinajstić information content (AvgIpc) is 2.53. The molecule has 1 aromatic carbocycles. The molecule has 0 bridgehead atoms. The Hall–Kier alpha value is -2.50. The molecule has 0 unspecified atom stereocenters. The Labute approximate surface area is 133 Å². The summed E-state index contributed by atoms with van der Waals surface area (Å²) in [5.74, 6) is -0.0320. The van der Waals surface area contributed by atoms with E-state index in [0.717, 1.165) is 5.56 Å². The molecule has 122 valence electrons. The van der Waals surface area contributed by atoms with Gasteiger partial charge in [0.05, 0.1) is 6.04 Å². The van der Waals surface area contributed by atoms with Crippen LogP contribution >= 0.6 is 0 Å². The molecule has 0 aliphatic carbocycles. The van der Waals surface area contributed by atoms with Crippen LogP contribution in [0.3, 0.4) is 0 Å². The monoisotopic (exact) mass is 320 g/mol. The summed E-state index contributed by atoms with van der Waals surface area (Å²) in [6, 6.07) is 9.76. The van der Waals surface area contributed by atoms with E-state index in [2.05, 4.69) is 15.0 Å². The van der Waals surface area contributed by atoms with Crippen molar-refractivity contribution in [1.82, 2.24) is 10.3 Å². The van der Waals surface area contributed by atoms with Gasteiger partial charge in [-0.1, -0.05) is 18.2 Å². The van der Waals surface area contributed by atoms with E-state index in [0.29, 0.717) is 18.4 Å². The molecule has 1 aromatic heterocycles. The Morgan fingerprint density at radius 3 is 2.83 bits per heavy atom. The molecule has 0 aliphatic rings. The number of aromatic nitrogens is 1. The van der Waals surface area contributed by atoms with Crippen LogP contribution in [0, 0.1) is 0 Å². The van der Waals surface area contributed by atoms with E-state index in [1.165, 1.54) is 12.1 Å². The number of rotatable bonds is 7. The van der Waals surface area contributed by atoms with Gasteiger partial charge >= 0.3 is 6.61 Å². The van der Waals surface area contributed by atoms with E-state index in [4.69, 9.17) is 0 Å². The van der Waals surface area contributed by atoms with Crippen LogP contribution in [-0.4, -0.2) is 17.5 Å². The molecular formula is C17H18F2N2O2. The minimum atomic E-state index is -2.87. The van der Waals surface area contributed by atoms with Gasteiger partial charge in [0, 0.05) is 18.8 Å². The standard InChI is InChI=1S/C17H18F2N2O2/c1-12(14-5-2-6-15(10-14)23-17(18)19)21-16(22)8-7-13-4-3-9-20-11-13/h2-6,9-12,17H,7-8H2,1H3,(H,21,22)/t12-/m0/s1. The Bertz CT molecular complexity index is 636. The summed E-state index contributed by atoms with van der Waals surface area (Å²) in [6.07, 6.45) is 4.34. The Kier molecular flexibility index (Phi) is 6.02. The Morgan fingerprint density at radius 1 is 1.30 bits per heavy atom. The maximum atomic E-state index is 12.2. The second kappa shape index (κ2) is 8.22. The molecule has 2 aromatic rings. The maximum absolute atomic E-state index is 12.2. The molecule has 1 N–H and O–H groups in total. The third kappa shape index (κ3) is 5.65. The molecule has 0 aliphatic heterocycles. The number of pyridine rings is 1. The largest absolute Gasteiger partial charge is 0.435 e. The van der Waals surface area contributed by atoms with Gasteiger partial charge < -0.3 is 10.1 Å². The van der Waals surface area contributed by atoms with E-state index in [1.807, 2.05) is 12.1 Å². The third-order valence-electron chi connectivity index (χ3n) is 3.32. The van der Waals surface area contributed by atoms with E-state index < -0.39 is 6.61 Å². The number of alkyl halides is 2. The SMILES string of the molecule is C[C@H](NC(=O)CCc1cccnc1)c1cccc(OC(F)F)c1. The number of nitrogens with zero attached hydrogens (tertiary/aromatic N) is 1. The van der Waals surface area contributed by atoms with Crippen molar-refractivity contribution in [2.24, 2.45) is 0 Å². The van der Waals surface area contributed by atoms with Crippen LogP contribution in [0.1, 0.15) is 30.5 Å². The molecule has 0 radical (unpaired) electrons. The van der Waals surface area contributed by atoms with Crippen LogP contribution in [0.25, 0.3) is 0 Å². The van der Waals surface area contributed by atoms with Crippen molar-refractivity contribution in [3.8, 4) is 5.75 Å². The van der Waals surface area contributed by atoms with Gasteiger partial charge in [0.2, 0.25) is 5.91 Å². The zero-order valence-corrected chi connectivity index (χ0v) is 12.7. The summed E-state index contributed by atoms with van der Waals surface area (Å²) in [5, 5.41) is 2.84. The van der Waals surface area contributed by atoms with E-state index in [1.54, 1.807) is 31.5 Å². The lowest BCUT2D eigenvalue weighted by molar-refractivity contribution is -0.121. The predicted molar refractivity (Wildman–Crippen MR) is 82.2 cm³/mol. The smallest absolute Gasteiger partial charge is 0.387 e. The molecule has 2 rings (SSSR count). The molecule has 0 spiro atoms. The maximum Gasteiger partial charge on any atom is 0.387 e. The molecule has 1 heterocycles. The molecule has 0 fully saturated rings. The summed E-state index contributed by atoms with van der Waals surface area (Å²) >= 11 is 0. The summed E-state index contributed by atoms with van der Waals surface area (Å²) in [6.45, 7) is -1.07. The van der Waals surface area contributed by atoms with Gasteiger partial charge in [0.1, 0.15) is 5.75 Å². The quantitative estimate of drug-likeness (QED) is 0.849. The van der Waals surface area contributed by atoms with Crippen LogP contribution in [0.2, 0.25) is 0 Å². The number of hydrogen-bond acceptors (Lipinski definition) is 3. The fourth-order valence-corrected chi connectivity index (χ4v) is 2.16. The summed E-state index contributed by atoms with van der Waals surface area (Å²) in [5.41, 5.74) is 1.69. The lowest BCUT2D eigenvalue weighted by atomic mass is 10.1. The van der Waals surface area contributed by atoms with Crippen LogP contribution in [-0.2, 0) is 11.2 Å². The first-order valence-corrected chi connectivity index (χ1v) is 7.27. The number of benzene rings is 1. The zero-order valence-electron chi connectivity index (χ0n) is 12.7. The molecule has 23 heavy (non-hydrogen) atoms. The Morgan fingerprint density at radius 2 is 2.13 bits per heavy atom. The first-order chi connectivity index (χ1) is 11.0. The summed E-state index contributed by atoms with van der Waals surface area (Å²) < 4.78 is 28.8. The van der Waals surface area contributed by atoms with Crippen molar-refractivity contribution in [3.05, 3.63) is 59.9 Å². The average molecular weight is 320 g/mol. The Balaban J connectivity index is 1.88. The number of hydrogen-bond donors (Lipinski definition) is 1. The fourth-order valence-electron chi connectivity index (χ4n) is 2.16. The minimum Gasteiger partial charge on any atom is -0.435 e.